The number of carboxylic acids is 1. The van der Waals surface area contributed by atoms with Crippen molar-refractivity contribution in [3.05, 3.63) is 18.2 Å². The van der Waals surface area contributed by atoms with Gasteiger partial charge in [0.25, 0.3) is 0 Å². The highest BCUT2D eigenvalue weighted by molar-refractivity contribution is 5.74. The van der Waals surface area contributed by atoms with Crippen molar-refractivity contribution >= 4 is 5.97 Å². The number of ether oxygens (including phenoxy) is 1. The minimum Gasteiger partial charge on any atom is -0.481 e. The zero-order chi connectivity index (χ0) is 12.3. The van der Waals surface area contributed by atoms with E-state index in [1.165, 1.54) is 0 Å². The molecular weight excluding hydrogens is 220 g/mol. The summed E-state index contributed by atoms with van der Waals surface area (Å²) in [6.45, 7) is 1.00. The number of imidazole rings is 1. The molecule has 1 N–H and O–H groups in total. The van der Waals surface area contributed by atoms with Gasteiger partial charge in [-0.1, -0.05) is 0 Å². The highest BCUT2D eigenvalue weighted by Crippen LogP contribution is 2.33. The summed E-state index contributed by atoms with van der Waals surface area (Å²) in [6.07, 6.45) is 6.41. The Morgan fingerprint density at radius 2 is 2.53 bits per heavy atom. The Balaban J connectivity index is 2.03. The van der Waals surface area contributed by atoms with Crippen LogP contribution >= 0.6 is 0 Å². The Labute approximate surface area is 100 Å². The van der Waals surface area contributed by atoms with Gasteiger partial charge >= 0.3 is 5.97 Å². The molecule has 0 spiro atoms. The minimum absolute atomic E-state index is 0.326. The van der Waals surface area contributed by atoms with Crippen LogP contribution in [0.5, 0.6) is 0 Å². The topological polar surface area (TPSA) is 64.4 Å². The lowest BCUT2D eigenvalue weighted by molar-refractivity contribution is -0.158. The van der Waals surface area contributed by atoms with Crippen LogP contribution in [0.15, 0.2) is 12.4 Å². The van der Waals surface area contributed by atoms with Crippen LogP contribution in [-0.4, -0.2) is 33.8 Å². The second-order valence-electron chi connectivity index (χ2n) is 4.70. The molecule has 0 amide bonds. The van der Waals surface area contributed by atoms with E-state index in [0.29, 0.717) is 32.5 Å². The van der Waals surface area contributed by atoms with Gasteiger partial charge in [0.2, 0.25) is 0 Å². The molecule has 2 rings (SSSR count). The Kier molecular flexibility index (Phi) is 3.47. The monoisotopic (exact) mass is 238 g/mol. The molecule has 0 aliphatic carbocycles. The predicted octanol–water partition coefficient (Wildman–Crippen LogP) is 1.23. The summed E-state index contributed by atoms with van der Waals surface area (Å²) in [7, 11) is 1.92. The number of rotatable bonds is 4. The van der Waals surface area contributed by atoms with Gasteiger partial charge in [-0.25, -0.2) is 4.98 Å². The van der Waals surface area contributed by atoms with Crippen LogP contribution in [-0.2, 0) is 23.0 Å². The molecule has 1 aliphatic heterocycles. The molecule has 0 saturated carbocycles. The van der Waals surface area contributed by atoms with Crippen molar-refractivity contribution in [3.63, 3.8) is 0 Å². The Bertz CT molecular complexity index is 394. The van der Waals surface area contributed by atoms with Crippen LogP contribution in [0.25, 0.3) is 0 Å². The molecule has 2 heterocycles. The number of aromatic nitrogens is 2. The van der Waals surface area contributed by atoms with Crippen LogP contribution in [0.4, 0.5) is 0 Å². The molecule has 1 unspecified atom stereocenters. The van der Waals surface area contributed by atoms with Crippen molar-refractivity contribution < 1.29 is 14.6 Å². The zero-order valence-electron chi connectivity index (χ0n) is 10.1. The number of aliphatic carboxylic acids is 1. The molecule has 1 aliphatic rings. The SMILES string of the molecule is Cn1ccnc1CCC1(C(=O)O)CCCOC1. The second-order valence-corrected chi connectivity index (χ2v) is 4.70. The summed E-state index contributed by atoms with van der Waals surface area (Å²) in [5, 5.41) is 9.38. The van der Waals surface area contributed by atoms with Crippen LogP contribution in [0.1, 0.15) is 25.1 Å². The summed E-state index contributed by atoms with van der Waals surface area (Å²) in [5.41, 5.74) is -0.718. The average Bonchev–Trinajstić information content (AvgIpc) is 2.73. The first-order chi connectivity index (χ1) is 8.14. The largest absolute Gasteiger partial charge is 0.481 e. The Morgan fingerprint density at radius 1 is 1.71 bits per heavy atom. The number of nitrogens with zero attached hydrogens (tertiary/aromatic N) is 2. The minimum atomic E-state index is -0.744. The quantitative estimate of drug-likeness (QED) is 0.857. The van der Waals surface area contributed by atoms with Gasteiger partial charge in [-0.3, -0.25) is 4.79 Å². The van der Waals surface area contributed by atoms with E-state index in [4.69, 9.17) is 4.74 Å². The lowest BCUT2D eigenvalue weighted by Crippen LogP contribution is -2.40. The Hall–Kier alpha value is -1.36. The number of hydrogen-bond donors (Lipinski definition) is 1. The second kappa shape index (κ2) is 4.87. The van der Waals surface area contributed by atoms with Crippen LogP contribution in [0, 0.1) is 5.41 Å². The highest BCUT2D eigenvalue weighted by Gasteiger charge is 2.40. The van der Waals surface area contributed by atoms with E-state index in [2.05, 4.69) is 4.98 Å². The molecule has 5 nitrogen and oxygen atoms in total. The highest BCUT2D eigenvalue weighted by atomic mass is 16.5. The van der Waals surface area contributed by atoms with E-state index in [0.717, 1.165) is 12.2 Å². The number of aryl methyl sites for hydroxylation is 2. The average molecular weight is 238 g/mol. The predicted molar refractivity (Wildman–Crippen MR) is 61.7 cm³/mol. The van der Waals surface area contributed by atoms with Gasteiger partial charge in [0.15, 0.2) is 0 Å². The standard InChI is InChI=1S/C12H18N2O3/c1-14-7-6-13-10(14)3-5-12(11(15)16)4-2-8-17-9-12/h6-7H,2-5,8-9H2,1H3,(H,15,16). The van der Waals surface area contributed by atoms with Crippen LogP contribution in [0.3, 0.4) is 0 Å². The molecule has 0 radical (unpaired) electrons. The zero-order valence-corrected chi connectivity index (χ0v) is 10.1. The molecule has 94 valence electrons. The van der Waals surface area contributed by atoms with Gasteiger partial charge in [0, 0.05) is 32.5 Å². The van der Waals surface area contributed by atoms with Gasteiger partial charge < -0.3 is 14.4 Å². The Morgan fingerprint density at radius 3 is 3.06 bits per heavy atom. The van der Waals surface area contributed by atoms with Crippen LogP contribution in [0.2, 0.25) is 0 Å². The fourth-order valence-corrected chi connectivity index (χ4v) is 2.31. The molecule has 0 bridgehead atoms. The summed E-state index contributed by atoms with van der Waals surface area (Å²) in [6, 6.07) is 0. The van der Waals surface area contributed by atoms with Gasteiger partial charge in [0.1, 0.15) is 5.82 Å². The maximum absolute atomic E-state index is 11.4. The van der Waals surface area contributed by atoms with Crippen molar-refractivity contribution in [2.45, 2.75) is 25.7 Å². The maximum Gasteiger partial charge on any atom is 0.312 e. The summed E-state index contributed by atoms with van der Waals surface area (Å²) >= 11 is 0. The van der Waals surface area contributed by atoms with E-state index < -0.39 is 11.4 Å². The molecule has 5 heteroatoms. The molecule has 17 heavy (non-hydrogen) atoms. The van der Waals surface area contributed by atoms with Crippen molar-refractivity contribution in [3.8, 4) is 0 Å². The van der Waals surface area contributed by atoms with E-state index in [-0.39, 0.29) is 0 Å². The lowest BCUT2D eigenvalue weighted by Gasteiger charge is -2.32. The third-order valence-corrected chi connectivity index (χ3v) is 3.52. The van der Waals surface area contributed by atoms with Crippen LogP contribution < -0.4 is 0 Å². The first-order valence-electron chi connectivity index (χ1n) is 5.91. The molecule has 1 saturated heterocycles. The van der Waals surface area contributed by atoms with Gasteiger partial charge in [-0.2, -0.15) is 0 Å². The van der Waals surface area contributed by atoms with Crippen molar-refractivity contribution in [2.75, 3.05) is 13.2 Å². The van der Waals surface area contributed by atoms with Crippen molar-refractivity contribution in [1.82, 2.24) is 9.55 Å². The summed E-state index contributed by atoms with van der Waals surface area (Å²) in [4.78, 5) is 15.6. The lowest BCUT2D eigenvalue weighted by atomic mass is 9.78. The van der Waals surface area contributed by atoms with E-state index >= 15 is 0 Å². The molecule has 1 aromatic rings. The molecular formula is C12H18N2O3. The molecule has 1 atom stereocenters. The molecule has 1 aromatic heterocycles. The smallest absolute Gasteiger partial charge is 0.312 e. The number of carbonyl (C=O) groups is 1. The third kappa shape index (κ3) is 2.49. The molecule has 1 fully saturated rings. The van der Waals surface area contributed by atoms with E-state index in [1.54, 1.807) is 6.20 Å². The number of hydrogen-bond acceptors (Lipinski definition) is 3. The first kappa shape index (κ1) is 12.1. The molecule has 0 aromatic carbocycles. The van der Waals surface area contributed by atoms with Gasteiger partial charge in [-0.15, -0.1) is 0 Å². The first-order valence-corrected chi connectivity index (χ1v) is 5.91. The van der Waals surface area contributed by atoms with E-state index in [9.17, 15) is 9.90 Å². The normalized spacial score (nSPS) is 24.8. The maximum atomic E-state index is 11.4. The van der Waals surface area contributed by atoms with E-state index in [1.807, 2.05) is 17.8 Å². The van der Waals surface area contributed by atoms with Crippen molar-refractivity contribution in [1.29, 1.82) is 0 Å². The fourth-order valence-electron chi connectivity index (χ4n) is 2.31. The summed E-state index contributed by atoms with van der Waals surface area (Å²) in [5.74, 6) is 0.183. The number of carboxylic acid groups (broad SMARTS) is 1. The summed E-state index contributed by atoms with van der Waals surface area (Å²) < 4.78 is 7.27. The third-order valence-electron chi connectivity index (χ3n) is 3.52. The van der Waals surface area contributed by atoms with Crippen molar-refractivity contribution in [2.24, 2.45) is 12.5 Å². The van der Waals surface area contributed by atoms with Gasteiger partial charge in [-0.05, 0) is 19.3 Å². The fraction of sp³-hybridized carbons (Fsp3) is 0.667. The van der Waals surface area contributed by atoms with Gasteiger partial charge in [0.05, 0.1) is 12.0 Å².